The SMILES string of the molecule is Cc1cc(C(F)(F)F)ccc1S(=O)(=O)N1CC(C)NC(C)C1. The predicted molar refractivity (Wildman–Crippen MR) is 77.0 cm³/mol. The zero-order valence-electron chi connectivity index (χ0n) is 12.6. The van der Waals surface area contributed by atoms with Crippen LogP contribution in [-0.4, -0.2) is 37.9 Å². The average molecular weight is 336 g/mol. The quantitative estimate of drug-likeness (QED) is 0.902. The van der Waals surface area contributed by atoms with Crippen LogP contribution in [0.4, 0.5) is 13.2 Å². The number of hydrogen-bond acceptors (Lipinski definition) is 3. The van der Waals surface area contributed by atoms with Crippen LogP contribution in [0, 0.1) is 6.92 Å². The number of alkyl halides is 3. The number of nitrogens with one attached hydrogen (secondary N) is 1. The molecular weight excluding hydrogens is 317 g/mol. The van der Waals surface area contributed by atoms with Crippen LogP contribution in [0.3, 0.4) is 0 Å². The Balaban J connectivity index is 2.38. The fourth-order valence-corrected chi connectivity index (χ4v) is 4.55. The number of benzene rings is 1. The number of halogens is 3. The van der Waals surface area contributed by atoms with Gasteiger partial charge in [0.05, 0.1) is 10.5 Å². The lowest BCUT2D eigenvalue weighted by atomic mass is 10.1. The van der Waals surface area contributed by atoms with Gasteiger partial charge >= 0.3 is 6.18 Å². The second kappa shape index (κ2) is 5.82. The number of sulfonamides is 1. The molecule has 1 N–H and O–H groups in total. The van der Waals surface area contributed by atoms with E-state index >= 15 is 0 Å². The minimum atomic E-state index is -4.48. The van der Waals surface area contributed by atoms with Crippen molar-refractivity contribution in [3.8, 4) is 0 Å². The van der Waals surface area contributed by atoms with Gasteiger partial charge in [-0.3, -0.25) is 0 Å². The Morgan fingerprint density at radius 1 is 1.18 bits per heavy atom. The van der Waals surface area contributed by atoms with Crippen LogP contribution in [0.2, 0.25) is 0 Å². The molecule has 124 valence electrons. The molecule has 0 amide bonds. The summed E-state index contributed by atoms with van der Waals surface area (Å²) in [5, 5.41) is 3.22. The molecule has 0 radical (unpaired) electrons. The largest absolute Gasteiger partial charge is 0.416 e. The third kappa shape index (κ3) is 3.44. The fourth-order valence-electron chi connectivity index (χ4n) is 2.73. The van der Waals surface area contributed by atoms with Crippen molar-refractivity contribution in [3.05, 3.63) is 29.3 Å². The molecule has 2 unspecified atom stereocenters. The first-order chi connectivity index (χ1) is 10.0. The number of hydrogen-bond donors (Lipinski definition) is 1. The molecule has 1 heterocycles. The molecule has 1 saturated heterocycles. The second-order valence-corrected chi connectivity index (χ2v) is 7.68. The molecule has 0 aromatic heterocycles. The summed E-state index contributed by atoms with van der Waals surface area (Å²) in [7, 11) is -3.79. The molecular formula is C14H19F3N2O2S. The van der Waals surface area contributed by atoms with Crippen molar-refractivity contribution >= 4 is 10.0 Å². The maximum Gasteiger partial charge on any atom is 0.416 e. The topological polar surface area (TPSA) is 49.4 Å². The van der Waals surface area contributed by atoms with Gasteiger partial charge in [-0.15, -0.1) is 0 Å². The molecule has 4 nitrogen and oxygen atoms in total. The van der Waals surface area contributed by atoms with Gasteiger partial charge in [-0.2, -0.15) is 17.5 Å². The summed E-state index contributed by atoms with van der Waals surface area (Å²) in [6.07, 6.45) is -4.48. The Bertz CT molecular complexity index is 649. The van der Waals surface area contributed by atoms with E-state index in [2.05, 4.69) is 5.32 Å². The standard InChI is InChI=1S/C14H19F3N2O2S/c1-9-6-12(14(15,16)17)4-5-13(9)22(20,21)19-7-10(2)18-11(3)8-19/h4-6,10-11,18H,7-8H2,1-3H3. The number of rotatable bonds is 2. The number of piperazine rings is 1. The summed E-state index contributed by atoms with van der Waals surface area (Å²) >= 11 is 0. The van der Waals surface area contributed by atoms with Crippen LogP contribution in [0.15, 0.2) is 23.1 Å². The summed E-state index contributed by atoms with van der Waals surface area (Å²) in [5.74, 6) is 0. The highest BCUT2D eigenvalue weighted by Gasteiger charge is 2.35. The predicted octanol–water partition coefficient (Wildman–Crippen LogP) is 2.38. The molecule has 0 saturated carbocycles. The van der Waals surface area contributed by atoms with Crippen molar-refractivity contribution < 1.29 is 21.6 Å². The van der Waals surface area contributed by atoms with Gasteiger partial charge in [0.25, 0.3) is 0 Å². The van der Waals surface area contributed by atoms with Crippen LogP contribution in [0.1, 0.15) is 25.0 Å². The number of nitrogens with zero attached hydrogens (tertiary/aromatic N) is 1. The van der Waals surface area contributed by atoms with E-state index < -0.39 is 21.8 Å². The van der Waals surface area contributed by atoms with Gasteiger partial charge in [0.15, 0.2) is 0 Å². The molecule has 22 heavy (non-hydrogen) atoms. The molecule has 0 aliphatic carbocycles. The monoisotopic (exact) mass is 336 g/mol. The molecule has 1 aromatic carbocycles. The first-order valence-corrected chi connectivity index (χ1v) is 8.40. The Morgan fingerprint density at radius 2 is 1.73 bits per heavy atom. The van der Waals surface area contributed by atoms with Crippen LogP contribution in [-0.2, 0) is 16.2 Å². The Labute approximate surface area is 128 Å². The average Bonchev–Trinajstić information content (AvgIpc) is 2.36. The lowest BCUT2D eigenvalue weighted by molar-refractivity contribution is -0.137. The molecule has 1 aromatic rings. The summed E-state index contributed by atoms with van der Waals surface area (Å²) in [6, 6.07) is 2.73. The highest BCUT2D eigenvalue weighted by atomic mass is 32.2. The zero-order chi connectivity index (χ0) is 16.7. The van der Waals surface area contributed by atoms with Crippen molar-refractivity contribution in [1.29, 1.82) is 0 Å². The number of aryl methyl sites for hydroxylation is 1. The van der Waals surface area contributed by atoms with Gasteiger partial charge in [0.1, 0.15) is 0 Å². The molecule has 1 fully saturated rings. The fraction of sp³-hybridized carbons (Fsp3) is 0.571. The van der Waals surface area contributed by atoms with E-state index in [1.165, 1.54) is 11.2 Å². The third-order valence-electron chi connectivity index (χ3n) is 3.64. The van der Waals surface area contributed by atoms with Crippen molar-refractivity contribution in [1.82, 2.24) is 9.62 Å². The third-order valence-corrected chi connectivity index (χ3v) is 5.64. The van der Waals surface area contributed by atoms with E-state index in [-0.39, 0.29) is 22.5 Å². The van der Waals surface area contributed by atoms with Gasteiger partial charge in [-0.25, -0.2) is 8.42 Å². The summed E-state index contributed by atoms with van der Waals surface area (Å²) < 4.78 is 64.7. The first kappa shape index (κ1) is 17.2. The summed E-state index contributed by atoms with van der Waals surface area (Å²) in [5.41, 5.74) is -0.736. The normalized spacial score (nSPS) is 24.5. The van der Waals surface area contributed by atoms with Crippen LogP contribution < -0.4 is 5.32 Å². The highest BCUT2D eigenvalue weighted by Crippen LogP contribution is 2.32. The minimum Gasteiger partial charge on any atom is -0.309 e. The van der Waals surface area contributed by atoms with Crippen LogP contribution >= 0.6 is 0 Å². The molecule has 8 heteroatoms. The maximum atomic E-state index is 12.7. The molecule has 2 atom stereocenters. The van der Waals surface area contributed by atoms with Crippen LogP contribution in [0.5, 0.6) is 0 Å². The zero-order valence-corrected chi connectivity index (χ0v) is 13.4. The van der Waals surface area contributed by atoms with Gasteiger partial charge in [0, 0.05) is 25.2 Å². The Kier molecular flexibility index (Phi) is 4.56. The van der Waals surface area contributed by atoms with E-state index in [1.54, 1.807) is 0 Å². The summed E-state index contributed by atoms with van der Waals surface area (Å²) in [6.45, 7) is 5.73. The van der Waals surface area contributed by atoms with Crippen molar-refractivity contribution in [3.63, 3.8) is 0 Å². The van der Waals surface area contributed by atoms with Crippen molar-refractivity contribution in [2.45, 2.75) is 43.9 Å². The first-order valence-electron chi connectivity index (χ1n) is 6.96. The molecule has 0 spiro atoms. The van der Waals surface area contributed by atoms with Crippen molar-refractivity contribution in [2.24, 2.45) is 0 Å². The second-order valence-electron chi connectivity index (χ2n) is 5.77. The Hall–Kier alpha value is -1.12. The molecule has 0 bridgehead atoms. The van der Waals surface area contributed by atoms with Gasteiger partial charge < -0.3 is 5.32 Å². The van der Waals surface area contributed by atoms with Crippen LogP contribution in [0.25, 0.3) is 0 Å². The molecule has 2 rings (SSSR count). The lowest BCUT2D eigenvalue weighted by Crippen LogP contribution is -2.55. The smallest absolute Gasteiger partial charge is 0.309 e. The van der Waals surface area contributed by atoms with Gasteiger partial charge in [-0.1, -0.05) is 0 Å². The van der Waals surface area contributed by atoms with Gasteiger partial charge in [0.2, 0.25) is 10.0 Å². The van der Waals surface area contributed by atoms with E-state index in [9.17, 15) is 21.6 Å². The Morgan fingerprint density at radius 3 is 2.18 bits per heavy atom. The van der Waals surface area contributed by atoms with E-state index in [0.717, 1.165) is 18.2 Å². The van der Waals surface area contributed by atoms with Gasteiger partial charge in [-0.05, 0) is 44.5 Å². The lowest BCUT2D eigenvalue weighted by Gasteiger charge is -2.35. The minimum absolute atomic E-state index is 0.00622. The van der Waals surface area contributed by atoms with Crippen molar-refractivity contribution in [2.75, 3.05) is 13.1 Å². The summed E-state index contributed by atoms with van der Waals surface area (Å²) in [4.78, 5) is -0.0678. The highest BCUT2D eigenvalue weighted by molar-refractivity contribution is 7.89. The molecule has 1 aliphatic heterocycles. The van der Waals surface area contributed by atoms with E-state index in [0.29, 0.717) is 13.1 Å². The van der Waals surface area contributed by atoms with E-state index in [4.69, 9.17) is 0 Å². The van der Waals surface area contributed by atoms with E-state index in [1.807, 2.05) is 13.8 Å². The molecule has 1 aliphatic rings. The maximum absolute atomic E-state index is 12.7.